The molecule has 6 nitrogen and oxygen atoms in total. The van der Waals surface area contributed by atoms with Crippen LogP contribution >= 0.6 is 15.9 Å². The minimum Gasteiger partial charge on any atom is -0.443 e. The molecule has 1 aromatic heterocycles. The number of halogens is 1. The molecule has 1 aliphatic heterocycles. The summed E-state index contributed by atoms with van der Waals surface area (Å²) < 4.78 is 11.8. The number of fused-ring (bicyclic) bond motifs is 2. The Morgan fingerprint density at radius 2 is 2.22 bits per heavy atom. The van der Waals surface area contributed by atoms with E-state index >= 15 is 0 Å². The molecule has 0 bridgehead atoms. The Kier molecular flexibility index (Phi) is 3.86. The predicted molar refractivity (Wildman–Crippen MR) is 86.0 cm³/mol. The Balaban J connectivity index is 1.91. The molecule has 2 heterocycles. The maximum absolute atomic E-state index is 12.3. The lowest BCUT2D eigenvalue weighted by atomic mass is 9.81. The second-order valence-electron chi connectivity index (χ2n) is 6.93. The summed E-state index contributed by atoms with van der Waals surface area (Å²) in [5.74, 6) is 0. The van der Waals surface area contributed by atoms with Gasteiger partial charge in [0.1, 0.15) is 5.60 Å². The number of imide groups is 1. The van der Waals surface area contributed by atoms with Crippen molar-refractivity contribution < 1.29 is 19.1 Å². The number of aromatic nitrogens is 1. The smallest absolute Gasteiger partial charge is 0.420 e. The van der Waals surface area contributed by atoms with Gasteiger partial charge in [0.2, 0.25) is 0 Å². The van der Waals surface area contributed by atoms with Gasteiger partial charge in [0.05, 0.1) is 6.54 Å². The number of hydrogen-bond donors (Lipinski definition) is 0. The van der Waals surface area contributed by atoms with E-state index in [1.54, 1.807) is 27.0 Å². The molecule has 0 aromatic carbocycles. The summed E-state index contributed by atoms with van der Waals surface area (Å²) in [5.41, 5.74) is 0.302. The van der Waals surface area contributed by atoms with E-state index in [4.69, 9.17) is 9.47 Å². The number of amides is 2. The molecular weight excluding hydrogens is 364 g/mol. The lowest BCUT2D eigenvalue weighted by Gasteiger charge is -2.32. The molecule has 124 valence electrons. The maximum Gasteiger partial charge on any atom is 0.420 e. The third-order valence-electron chi connectivity index (χ3n) is 3.95. The van der Waals surface area contributed by atoms with Crippen LogP contribution in [0.15, 0.2) is 16.7 Å². The SMILES string of the molecule is CC(C)(C)OC(=O)N1CC2(CCCc3ncc(Br)cc32)OC1=O. The van der Waals surface area contributed by atoms with Crippen molar-refractivity contribution in [2.75, 3.05) is 6.54 Å². The quantitative estimate of drug-likeness (QED) is 0.682. The third-order valence-corrected chi connectivity index (χ3v) is 4.39. The minimum absolute atomic E-state index is 0.159. The first kappa shape index (κ1) is 16.2. The summed E-state index contributed by atoms with van der Waals surface area (Å²) >= 11 is 3.41. The number of carbonyl (C=O) groups excluding carboxylic acids is 2. The second kappa shape index (κ2) is 5.47. The largest absolute Gasteiger partial charge is 0.443 e. The van der Waals surface area contributed by atoms with Gasteiger partial charge in [0, 0.05) is 21.9 Å². The van der Waals surface area contributed by atoms with Gasteiger partial charge in [-0.15, -0.1) is 0 Å². The van der Waals surface area contributed by atoms with Crippen LogP contribution in [-0.2, 0) is 21.5 Å². The number of ether oxygens (including phenoxy) is 2. The molecule has 1 aromatic rings. The fourth-order valence-electron chi connectivity index (χ4n) is 3.04. The van der Waals surface area contributed by atoms with Gasteiger partial charge >= 0.3 is 12.2 Å². The minimum atomic E-state index is -0.821. The predicted octanol–water partition coefficient (Wildman–Crippen LogP) is 3.76. The van der Waals surface area contributed by atoms with Crippen LogP contribution in [0.2, 0.25) is 0 Å². The Bertz CT molecular complexity index is 671. The van der Waals surface area contributed by atoms with E-state index in [0.717, 1.165) is 33.5 Å². The summed E-state index contributed by atoms with van der Waals surface area (Å²) in [5, 5.41) is 0. The average Bonchev–Trinajstić information content (AvgIpc) is 2.76. The van der Waals surface area contributed by atoms with Gasteiger partial charge in [-0.05, 0) is 62.0 Å². The molecule has 1 atom stereocenters. The summed E-state index contributed by atoms with van der Waals surface area (Å²) in [6, 6.07) is 1.92. The van der Waals surface area contributed by atoms with Crippen molar-refractivity contribution in [1.29, 1.82) is 0 Å². The average molecular weight is 383 g/mol. The zero-order valence-electron chi connectivity index (χ0n) is 13.4. The molecule has 1 spiro atoms. The standard InChI is InChI=1S/C16H19BrN2O4/c1-15(2,3)22-13(20)19-9-16(23-14(19)21)6-4-5-12-11(16)7-10(17)8-18-12/h7-8H,4-6,9H2,1-3H3. The summed E-state index contributed by atoms with van der Waals surface area (Å²) in [6.45, 7) is 5.45. The van der Waals surface area contributed by atoms with Crippen LogP contribution in [0.4, 0.5) is 9.59 Å². The van der Waals surface area contributed by atoms with Gasteiger partial charge in [-0.3, -0.25) is 4.98 Å². The van der Waals surface area contributed by atoms with Crippen LogP contribution in [0.1, 0.15) is 44.9 Å². The highest BCUT2D eigenvalue weighted by atomic mass is 79.9. The molecule has 1 fully saturated rings. The topological polar surface area (TPSA) is 68.7 Å². The van der Waals surface area contributed by atoms with E-state index in [-0.39, 0.29) is 6.54 Å². The second-order valence-corrected chi connectivity index (χ2v) is 7.85. The van der Waals surface area contributed by atoms with E-state index in [2.05, 4.69) is 20.9 Å². The van der Waals surface area contributed by atoms with E-state index in [9.17, 15) is 9.59 Å². The van der Waals surface area contributed by atoms with Crippen molar-refractivity contribution in [1.82, 2.24) is 9.88 Å². The Morgan fingerprint density at radius 3 is 2.91 bits per heavy atom. The molecule has 23 heavy (non-hydrogen) atoms. The van der Waals surface area contributed by atoms with Crippen LogP contribution in [-0.4, -0.2) is 34.2 Å². The van der Waals surface area contributed by atoms with Crippen molar-refractivity contribution in [3.8, 4) is 0 Å². The molecule has 0 N–H and O–H groups in total. The summed E-state index contributed by atoms with van der Waals surface area (Å²) in [7, 11) is 0. The van der Waals surface area contributed by atoms with Gasteiger partial charge in [-0.2, -0.15) is 0 Å². The van der Waals surface area contributed by atoms with Crippen molar-refractivity contribution in [2.45, 2.75) is 51.2 Å². The first-order valence-corrected chi connectivity index (χ1v) is 8.38. The fourth-order valence-corrected chi connectivity index (χ4v) is 3.37. The number of nitrogens with zero attached hydrogens (tertiary/aromatic N) is 2. The molecule has 7 heteroatoms. The zero-order valence-corrected chi connectivity index (χ0v) is 15.0. The van der Waals surface area contributed by atoms with Crippen molar-refractivity contribution in [3.63, 3.8) is 0 Å². The molecule has 0 saturated carbocycles. The monoisotopic (exact) mass is 382 g/mol. The molecule has 1 unspecified atom stereocenters. The number of carbonyl (C=O) groups is 2. The van der Waals surface area contributed by atoms with Crippen LogP contribution in [0.3, 0.4) is 0 Å². The number of pyridine rings is 1. The van der Waals surface area contributed by atoms with Gasteiger partial charge in [0.25, 0.3) is 0 Å². The van der Waals surface area contributed by atoms with Crippen molar-refractivity contribution in [2.24, 2.45) is 0 Å². The Morgan fingerprint density at radius 1 is 1.48 bits per heavy atom. The highest BCUT2D eigenvalue weighted by Gasteiger charge is 2.52. The molecule has 1 saturated heterocycles. The Hall–Kier alpha value is -1.63. The van der Waals surface area contributed by atoms with Gasteiger partial charge < -0.3 is 9.47 Å². The first-order chi connectivity index (χ1) is 10.7. The molecule has 0 radical (unpaired) electrons. The lowest BCUT2D eigenvalue weighted by molar-refractivity contribution is 0.0335. The van der Waals surface area contributed by atoms with Gasteiger partial charge in [-0.1, -0.05) is 0 Å². The van der Waals surface area contributed by atoms with E-state index in [1.807, 2.05) is 6.07 Å². The normalized spacial score (nSPS) is 23.7. The third kappa shape index (κ3) is 3.06. The molecule has 3 rings (SSSR count). The van der Waals surface area contributed by atoms with E-state index in [0.29, 0.717) is 6.42 Å². The number of hydrogen-bond acceptors (Lipinski definition) is 5. The van der Waals surface area contributed by atoms with Crippen LogP contribution in [0.25, 0.3) is 0 Å². The Labute approximate surface area is 143 Å². The van der Waals surface area contributed by atoms with Crippen LogP contribution in [0.5, 0.6) is 0 Å². The van der Waals surface area contributed by atoms with Crippen LogP contribution in [0, 0.1) is 0 Å². The highest BCUT2D eigenvalue weighted by molar-refractivity contribution is 9.10. The molecule has 1 aliphatic carbocycles. The molecular formula is C16H19BrN2O4. The molecule has 2 amide bonds. The summed E-state index contributed by atoms with van der Waals surface area (Å²) in [6.07, 6.45) is 2.77. The maximum atomic E-state index is 12.3. The molecule has 2 aliphatic rings. The fraction of sp³-hybridized carbons (Fsp3) is 0.562. The number of rotatable bonds is 0. The first-order valence-electron chi connectivity index (χ1n) is 7.59. The number of aryl methyl sites for hydroxylation is 1. The highest BCUT2D eigenvalue weighted by Crippen LogP contribution is 2.43. The van der Waals surface area contributed by atoms with Crippen molar-refractivity contribution >= 4 is 28.1 Å². The van der Waals surface area contributed by atoms with Crippen molar-refractivity contribution in [3.05, 3.63) is 28.0 Å². The van der Waals surface area contributed by atoms with Gasteiger partial charge in [0.15, 0.2) is 5.60 Å². The lowest BCUT2D eigenvalue weighted by Crippen LogP contribution is -2.40. The van der Waals surface area contributed by atoms with Crippen LogP contribution < -0.4 is 0 Å². The van der Waals surface area contributed by atoms with E-state index < -0.39 is 23.4 Å². The van der Waals surface area contributed by atoms with E-state index in [1.165, 1.54) is 0 Å². The zero-order chi connectivity index (χ0) is 16.8. The van der Waals surface area contributed by atoms with Gasteiger partial charge in [-0.25, -0.2) is 14.5 Å². The summed E-state index contributed by atoms with van der Waals surface area (Å²) in [4.78, 5) is 30.0.